The largest absolute Gasteiger partial charge is 0.385 e. The standard InChI is InChI=1S/C12H16O3/c1-14-8-5-9-15-10-12(13)11-6-3-2-4-7-11/h2-4,6-7H,5,8-10H2,1H3. The lowest BCUT2D eigenvalue weighted by Gasteiger charge is -2.03. The average Bonchev–Trinajstić information content (AvgIpc) is 2.30. The summed E-state index contributed by atoms with van der Waals surface area (Å²) in [7, 11) is 1.65. The Morgan fingerprint density at radius 3 is 2.60 bits per heavy atom. The van der Waals surface area contributed by atoms with Gasteiger partial charge in [0.2, 0.25) is 0 Å². The number of carbonyl (C=O) groups excluding carboxylic acids is 1. The molecular weight excluding hydrogens is 192 g/mol. The SMILES string of the molecule is COCCCOCC(=O)c1ccccc1. The number of ether oxygens (including phenoxy) is 2. The number of methoxy groups -OCH3 is 1. The molecule has 0 aliphatic carbocycles. The summed E-state index contributed by atoms with van der Waals surface area (Å²) in [5.41, 5.74) is 0.698. The van der Waals surface area contributed by atoms with Crippen LogP contribution in [0.3, 0.4) is 0 Å². The highest BCUT2D eigenvalue weighted by Gasteiger charge is 2.03. The smallest absolute Gasteiger partial charge is 0.188 e. The molecule has 0 bridgehead atoms. The first-order valence-corrected chi connectivity index (χ1v) is 4.99. The highest BCUT2D eigenvalue weighted by Crippen LogP contribution is 2.00. The molecule has 1 aromatic rings. The van der Waals surface area contributed by atoms with Crippen molar-refractivity contribution in [3.63, 3.8) is 0 Å². The molecular formula is C12H16O3. The van der Waals surface area contributed by atoms with E-state index in [0.29, 0.717) is 18.8 Å². The molecule has 0 aliphatic heterocycles. The number of hydrogen-bond donors (Lipinski definition) is 0. The number of benzene rings is 1. The fraction of sp³-hybridized carbons (Fsp3) is 0.417. The topological polar surface area (TPSA) is 35.5 Å². The lowest BCUT2D eigenvalue weighted by Crippen LogP contribution is -2.10. The minimum absolute atomic E-state index is 0.0213. The summed E-state index contributed by atoms with van der Waals surface area (Å²) in [5, 5.41) is 0. The Balaban J connectivity index is 2.20. The quantitative estimate of drug-likeness (QED) is 0.507. The molecule has 0 heterocycles. The van der Waals surface area contributed by atoms with E-state index >= 15 is 0 Å². The Bertz CT molecular complexity index is 282. The zero-order valence-electron chi connectivity index (χ0n) is 8.94. The van der Waals surface area contributed by atoms with Gasteiger partial charge in [0.25, 0.3) is 0 Å². The van der Waals surface area contributed by atoms with Crippen LogP contribution >= 0.6 is 0 Å². The summed E-state index contributed by atoms with van der Waals surface area (Å²) >= 11 is 0. The van der Waals surface area contributed by atoms with E-state index in [1.54, 1.807) is 19.2 Å². The van der Waals surface area contributed by atoms with Crippen LogP contribution in [-0.2, 0) is 9.47 Å². The highest BCUT2D eigenvalue weighted by molar-refractivity contribution is 5.96. The first-order chi connectivity index (χ1) is 7.34. The van der Waals surface area contributed by atoms with Crippen molar-refractivity contribution in [3.05, 3.63) is 35.9 Å². The van der Waals surface area contributed by atoms with Crippen molar-refractivity contribution in [2.75, 3.05) is 26.9 Å². The van der Waals surface area contributed by atoms with Crippen LogP contribution in [0.5, 0.6) is 0 Å². The highest BCUT2D eigenvalue weighted by atomic mass is 16.5. The van der Waals surface area contributed by atoms with Crippen molar-refractivity contribution in [2.24, 2.45) is 0 Å². The third-order valence-electron chi connectivity index (χ3n) is 1.97. The third kappa shape index (κ3) is 4.72. The van der Waals surface area contributed by atoms with Gasteiger partial charge < -0.3 is 9.47 Å². The van der Waals surface area contributed by atoms with Gasteiger partial charge in [0, 0.05) is 25.9 Å². The molecule has 1 aromatic carbocycles. The van der Waals surface area contributed by atoms with Crippen LogP contribution in [0.15, 0.2) is 30.3 Å². The summed E-state index contributed by atoms with van der Waals surface area (Å²) in [6, 6.07) is 9.16. The molecule has 15 heavy (non-hydrogen) atoms. The van der Waals surface area contributed by atoms with Crippen LogP contribution in [0, 0.1) is 0 Å². The van der Waals surface area contributed by atoms with E-state index in [-0.39, 0.29) is 12.4 Å². The molecule has 3 nitrogen and oxygen atoms in total. The van der Waals surface area contributed by atoms with Gasteiger partial charge in [-0.15, -0.1) is 0 Å². The Kier molecular flexibility index (Phi) is 5.66. The number of rotatable bonds is 7. The van der Waals surface area contributed by atoms with Crippen LogP contribution in [0.4, 0.5) is 0 Å². The monoisotopic (exact) mass is 208 g/mol. The molecule has 0 atom stereocenters. The first-order valence-electron chi connectivity index (χ1n) is 4.99. The van der Waals surface area contributed by atoms with E-state index < -0.39 is 0 Å². The molecule has 0 fully saturated rings. The van der Waals surface area contributed by atoms with Crippen LogP contribution in [0.1, 0.15) is 16.8 Å². The van der Waals surface area contributed by atoms with E-state index in [4.69, 9.17) is 9.47 Å². The van der Waals surface area contributed by atoms with Gasteiger partial charge >= 0.3 is 0 Å². The Labute approximate surface area is 90.0 Å². The summed E-state index contributed by atoms with van der Waals surface area (Å²) in [6.07, 6.45) is 0.818. The van der Waals surface area contributed by atoms with Crippen LogP contribution < -0.4 is 0 Å². The fourth-order valence-electron chi connectivity index (χ4n) is 1.18. The lowest BCUT2D eigenvalue weighted by atomic mass is 10.1. The van der Waals surface area contributed by atoms with Gasteiger partial charge in [-0.1, -0.05) is 30.3 Å². The molecule has 0 amide bonds. The second kappa shape index (κ2) is 7.15. The summed E-state index contributed by atoms with van der Waals surface area (Å²) in [5.74, 6) is 0.0213. The molecule has 0 unspecified atom stereocenters. The second-order valence-electron chi connectivity index (χ2n) is 3.19. The molecule has 0 spiro atoms. The number of carbonyl (C=O) groups is 1. The number of hydrogen-bond acceptors (Lipinski definition) is 3. The normalized spacial score (nSPS) is 10.2. The summed E-state index contributed by atoms with van der Waals surface area (Å²) in [6.45, 7) is 1.37. The van der Waals surface area contributed by atoms with E-state index in [1.807, 2.05) is 18.2 Å². The summed E-state index contributed by atoms with van der Waals surface area (Å²) in [4.78, 5) is 11.5. The van der Waals surface area contributed by atoms with Crippen molar-refractivity contribution in [1.29, 1.82) is 0 Å². The van der Waals surface area contributed by atoms with Gasteiger partial charge in [-0.3, -0.25) is 4.79 Å². The maximum Gasteiger partial charge on any atom is 0.188 e. The molecule has 0 aliphatic rings. The fourth-order valence-corrected chi connectivity index (χ4v) is 1.18. The van der Waals surface area contributed by atoms with Gasteiger partial charge in [-0.05, 0) is 6.42 Å². The van der Waals surface area contributed by atoms with Crippen molar-refractivity contribution in [3.8, 4) is 0 Å². The van der Waals surface area contributed by atoms with Crippen molar-refractivity contribution in [2.45, 2.75) is 6.42 Å². The van der Waals surface area contributed by atoms with Gasteiger partial charge in [-0.25, -0.2) is 0 Å². The third-order valence-corrected chi connectivity index (χ3v) is 1.97. The summed E-state index contributed by atoms with van der Waals surface area (Å²) < 4.78 is 10.1. The van der Waals surface area contributed by atoms with Gasteiger partial charge in [-0.2, -0.15) is 0 Å². The lowest BCUT2D eigenvalue weighted by molar-refractivity contribution is 0.0705. The van der Waals surface area contributed by atoms with E-state index in [2.05, 4.69) is 0 Å². The van der Waals surface area contributed by atoms with Crippen molar-refractivity contribution < 1.29 is 14.3 Å². The first kappa shape index (κ1) is 11.9. The maximum atomic E-state index is 11.5. The molecule has 1 rings (SSSR count). The molecule has 3 heteroatoms. The average molecular weight is 208 g/mol. The maximum absolute atomic E-state index is 11.5. The van der Waals surface area contributed by atoms with Crippen LogP contribution in [-0.4, -0.2) is 32.7 Å². The number of ketones is 1. The van der Waals surface area contributed by atoms with E-state index in [1.165, 1.54) is 0 Å². The minimum Gasteiger partial charge on any atom is -0.385 e. The van der Waals surface area contributed by atoms with Gasteiger partial charge in [0.05, 0.1) is 0 Å². The molecule has 0 saturated carbocycles. The van der Waals surface area contributed by atoms with Crippen molar-refractivity contribution >= 4 is 5.78 Å². The van der Waals surface area contributed by atoms with Crippen LogP contribution in [0.25, 0.3) is 0 Å². The predicted octanol–water partition coefficient (Wildman–Crippen LogP) is 1.92. The van der Waals surface area contributed by atoms with Crippen molar-refractivity contribution in [1.82, 2.24) is 0 Å². The van der Waals surface area contributed by atoms with E-state index in [9.17, 15) is 4.79 Å². The van der Waals surface area contributed by atoms with Crippen LogP contribution in [0.2, 0.25) is 0 Å². The Morgan fingerprint density at radius 2 is 1.93 bits per heavy atom. The Hall–Kier alpha value is -1.19. The van der Waals surface area contributed by atoms with Gasteiger partial charge in [0.15, 0.2) is 5.78 Å². The molecule has 0 radical (unpaired) electrons. The molecule has 0 N–H and O–H groups in total. The zero-order chi connectivity index (χ0) is 10.9. The second-order valence-corrected chi connectivity index (χ2v) is 3.19. The number of Topliss-reactive ketones (excluding diaryl/α,β-unsaturated/α-hetero) is 1. The van der Waals surface area contributed by atoms with Gasteiger partial charge in [0.1, 0.15) is 6.61 Å². The predicted molar refractivity (Wildman–Crippen MR) is 58.1 cm³/mol. The zero-order valence-corrected chi connectivity index (χ0v) is 8.94. The molecule has 0 aromatic heterocycles. The molecule has 82 valence electrons. The Morgan fingerprint density at radius 1 is 1.20 bits per heavy atom. The molecule has 0 saturated heterocycles. The minimum atomic E-state index is 0.0213. The van der Waals surface area contributed by atoms with E-state index in [0.717, 1.165) is 6.42 Å².